The summed E-state index contributed by atoms with van der Waals surface area (Å²) in [5.74, 6) is 3.30. The molecule has 0 bridgehead atoms. The van der Waals surface area contributed by atoms with Crippen molar-refractivity contribution >= 4 is 49.0 Å². The molecule has 0 unspecified atom stereocenters. The van der Waals surface area contributed by atoms with Crippen molar-refractivity contribution in [2.24, 2.45) is 0 Å². The summed E-state index contributed by atoms with van der Waals surface area (Å²) in [7, 11) is 0. The van der Waals surface area contributed by atoms with Gasteiger partial charge < -0.3 is 4.74 Å². The summed E-state index contributed by atoms with van der Waals surface area (Å²) >= 11 is 6.19. The third-order valence-electron chi connectivity index (χ3n) is 5.91. The smallest absolute Gasteiger partial charge is 0.134 e. The Morgan fingerprint density at radius 1 is 0.692 bits per heavy atom. The molecule has 4 heteroatoms. The quantitative estimate of drug-likeness (QED) is 0.218. The third kappa shape index (κ3) is 3.66. The fraction of sp³-hybridized carbons (Fsp3) is 0.455. The normalized spacial score (nSPS) is 11.9. The Bertz CT molecular complexity index is 857. The molecule has 1 heterocycles. The maximum Gasteiger partial charge on any atom is 0.134 e. The summed E-state index contributed by atoms with van der Waals surface area (Å²) in [6, 6.07) is 0. The predicted octanol–water partition coefficient (Wildman–Crippen LogP) is 8.43. The molecule has 0 aromatic heterocycles. The number of fused-ring (bicyclic) bond motifs is 2. The molecular formula is C22H28I2OS. The average molecular weight is 594 g/mol. The molecule has 0 radical (unpaired) electrons. The van der Waals surface area contributed by atoms with Crippen LogP contribution in [0.25, 0.3) is 0 Å². The molecule has 0 aliphatic carbocycles. The summed E-state index contributed by atoms with van der Waals surface area (Å²) in [6.07, 6.45) is 0.989. The van der Waals surface area contributed by atoms with Crippen molar-refractivity contribution in [3.8, 4) is 11.5 Å². The van der Waals surface area contributed by atoms with Gasteiger partial charge in [-0.05, 0) is 93.2 Å². The number of hydrogen-bond donors (Lipinski definition) is 0. The first-order valence-corrected chi connectivity index (χ1v) is 16.2. The monoisotopic (exact) mass is 594 g/mol. The van der Waals surface area contributed by atoms with Crippen molar-refractivity contribution in [2.75, 3.05) is 5.75 Å². The molecule has 0 N–H and O–H groups in total. The van der Waals surface area contributed by atoms with Gasteiger partial charge in [-0.15, -0.1) is 11.8 Å². The van der Waals surface area contributed by atoms with Crippen LogP contribution in [0.4, 0.5) is 0 Å². The van der Waals surface area contributed by atoms with Crippen molar-refractivity contribution in [1.29, 1.82) is 0 Å². The van der Waals surface area contributed by atoms with Crippen LogP contribution in [0.2, 0.25) is 0 Å². The summed E-state index contributed by atoms with van der Waals surface area (Å²) in [6.45, 7) is 17.8. The molecule has 3 rings (SSSR count). The lowest BCUT2D eigenvalue weighted by Gasteiger charge is -2.30. The standard InChI is InChI=1S/C22H28OS.I2/c1-9-24-22-16(7)15(6)21-19(17(22)8)10-18-13(4)11(2)12(3)14(5)20(18)23-21;1-2/h9-10H2,1-8H3;. The van der Waals surface area contributed by atoms with Crippen LogP contribution in [0.5, 0.6) is 11.5 Å². The fourth-order valence-corrected chi connectivity index (χ4v) is 4.85. The molecule has 0 saturated heterocycles. The zero-order valence-corrected chi connectivity index (χ0v) is 22.1. The highest BCUT2D eigenvalue weighted by molar-refractivity contribution is 15.0. The molecule has 0 amide bonds. The molecule has 0 saturated carbocycles. The van der Waals surface area contributed by atoms with Crippen molar-refractivity contribution in [3.63, 3.8) is 0 Å². The Hall–Kier alpha value is 0.0500. The zero-order valence-electron chi connectivity index (χ0n) is 17.0. The topological polar surface area (TPSA) is 9.23 Å². The highest BCUT2D eigenvalue weighted by Crippen LogP contribution is 2.48. The van der Waals surface area contributed by atoms with Gasteiger partial charge in [-0.25, -0.2) is 0 Å². The van der Waals surface area contributed by atoms with Crippen LogP contribution in [0.1, 0.15) is 57.0 Å². The number of ether oxygens (including phenoxy) is 1. The molecule has 1 nitrogen and oxygen atoms in total. The zero-order chi connectivity index (χ0) is 19.8. The molecule has 26 heavy (non-hydrogen) atoms. The molecule has 0 spiro atoms. The fourth-order valence-electron chi connectivity index (χ4n) is 3.85. The van der Waals surface area contributed by atoms with E-state index in [0.717, 1.165) is 23.7 Å². The van der Waals surface area contributed by atoms with Crippen molar-refractivity contribution < 1.29 is 4.74 Å². The van der Waals surface area contributed by atoms with Crippen LogP contribution < -0.4 is 4.74 Å². The van der Waals surface area contributed by atoms with E-state index in [2.05, 4.69) is 92.6 Å². The van der Waals surface area contributed by atoms with Gasteiger partial charge in [-0.2, -0.15) is 0 Å². The lowest BCUT2D eigenvalue weighted by molar-refractivity contribution is 0.449. The third-order valence-corrected chi connectivity index (χ3v) is 7.10. The van der Waals surface area contributed by atoms with E-state index in [1.54, 1.807) is 0 Å². The molecule has 1 aliphatic heterocycles. The van der Waals surface area contributed by atoms with Gasteiger partial charge >= 0.3 is 0 Å². The second-order valence-corrected chi connectivity index (χ2v) is 8.31. The number of thioether (sulfide) groups is 1. The predicted molar refractivity (Wildman–Crippen MR) is 133 cm³/mol. The minimum atomic E-state index is 0.989. The number of hydrogen-bond acceptors (Lipinski definition) is 2. The Morgan fingerprint density at radius 2 is 1.15 bits per heavy atom. The van der Waals surface area contributed by atoms with E-state index < -0.39 is 0 Å². The average Bonchev–Trinajstić information content (AvgIpc) is 2.66. The first-order valence-electron chi connectivity index (χ1n) is 8.96. The Balaban J connectivity index is 0.00000117. The van der Waals surface area contributed by atoms with Gasteiger partial charge in [-0.1, -0.05) is 6.92 Å². The van der Waals surface area contributed by atoms with E-state index in [1.807, 2.05) is 11.8 Å². The van der Waals surface area contributed by atoms with Crippen LogP contribution in [-0.4, -0.2) is 5.75 Å². The lowest BCUT2D eigenvalue weighted by atomic mass is 9.85. The SMILES string of the molecule is CCSc1c(C)c(C)c2c(c1C)Cc1c(C)c(C)c(C)c(C)c1O2.II. The van der Waals surface area contributed by atoms with Gasteiger partial charge in [0.05, 0.1) is 0 Å². The van der Waals surface area contributed by atoms with E-state index in [1.165, 1.54) is 55.0 Å². The Morgan fingerprint density at radius 3 is 1.69 bits per heavy atom. The van der Waals surface area contributed by atoms with Crippen molar-refractivity contribution in [2.45, 2.75) is 66.7 Å². The summed E-state index contributed by atoms with van der Waals surface area (Å²) in [4.78, 5) is 1.44. The van der Waals surface area contributed by atoms with E-state index >= 15 is 0 Å². The summed E-state index contributed by atoms with van der Waals surface area (Å²) < 4.78 is 6.54. The molecule has 1 aliphatic rings. The van der Waals surface area contributed by atoms with Gasteiger partial charge in [-0.3, -0.25) is 0 Å². The second-order valence-electron chi connectivity index (χ2n) is 7.03. The van der Waals surface area contributed by atoms with E-state index in [4.69, 9.17) is 4.74 Å². The molecule has 2 aromatic rings. The first-order chi connectivity index (χ1) is 12.3. The Kier molecular flexibility index (Phi) is 7.76. The van der Waals surface area contributed by atoms with Gasteiger partial charge in [0.15, 0.2) is 0 Å². The van der Waals surface area contributed by atoms with Gasteiger partial charge in [0.1, 0.15) is 11.5 Å². The number of rotatable bonds is 2. The van der Waals surface area contributed by atoms with Crippen LogP contribution in [0.15, 0.2) is 4.90 Å². The molecular weight excluding hydrogens is 566 g/mol. The van der Waals surface area contributed by atoms with E-state index in [0.29, 0.717) is 0 Å². The Labute approximate surface area is 186 Å². The van der Waals surface area contributed by atoms with Gasteiger partial charge in [0.25, 0.3) is 0 Å². The van der Waals surface area contributed by atoms with E-state index in [9.17, 15) is 0 Å². The first kappa shape index (κ1) is 22.3. The molecule has 0 fully saturated rings. The van der Waals surface area contributed by atoms with Crippen LogP contribution in [0.3, 0.4) is 0 Å². The maximum absolute atomic E-state index is 6.54. The largest absolute Gasteiger partial charge is 0.456 e. The van der Waals surface area contributed by atoms with Crippen molar-refractivity contribution in [3.05, 3.63) is 50.1 Å². The number of benzene rings is 2. The van der Waals surface area contributed by atoms with Crippen LogP contribution >= 0.6 is 49.0 Å². The summed E-state index contributed by atoms with van der Waals surface area (Å²) in [5, 5.41) is 0. The highest BCUT2D eigenvalue weighted by Gasteiger charge is 2.28. The maximum atomic E-state index is 6.54. The minimum absolute atomic E-state index is 0.989. The van der Waals surface area contributed by atoms with E-state index in [-0.39, 0.29) is 0 Å². The van der Waals surface area contributed by atoms with Gasteiger partial charge in [0, 0.05) is 59.7 Å². The second kappa shape index (κ2) is 9.03. The van der Waals surface area contributed by atoms with Crippen LogP contribution in [0, 0.1) is 48.5 Å². The molecule has 142 valence electrons. The minimum Gasteiger partial charge on any atom is -0.456 e. The highest BCUT2D eigenvalue weighted by atomic mass is 128. The lowest BCUT2D eigenvalue weighted by Crippen LogP contribution is -2.13. The van der Waals surface area contributed by atoms with Crippen molar-refractivity contribution in [1.82, 2.24) is 0 Å². The molecule has 0 atom stereocenters. The van der Waals surface area contributed by atoms with Crippen LogP contribution in [-0.2, 0) is 6.42 Å². The summed E-state index contributed by atoms with van der Waals surface area (Å²) in [5.41, 5.74) is 12.3. The molecule has 2 aromatic carbocycles. The van der Waals surface area contributed by atoms with Gasteiger partial charge in [0.2, 0.25) is 0 Å². The number of halogens is 2.